The van der Waals surface area contributed by atoms with Crippen molar-refractivity contribution in [3.63, 3.8) is 0 Å². The van der Waals surface area contributed by atoms with Crippen LogP contribution in [0.5, 0.6) is 0 Å². The molecule has 2 atom stereocenters. The number of nitrogens with one attached hydrogen (secondary N) is 1. The number of para-hydroxylation sites is 1. The van der Waals surface area contributed by atoms with E-state index in [1.54, 1.807) is 18.2 Å². The fourth-order valence-electron chi connectivity index (χ4n) is 2.85. The van der Waals surface area contributed by atoms with Gasteiger partial charge in [-0.25, -0.2) is 4.39 Å². The van der Waals surface area contributed by atoms with Crippen molar-refractivity contribution in [2.24, 2.45) is 11.7 Å². The van der Waals surface area contributed by atoms with Gasteiger partial charge in [-0.2, -0.15) is 0 Å². The summed E-state index contributed by atoms with van der Waals surface area (Å²) < 4.78 is 13.5. The molecule has 0 aliphatic carbocycles. The zero-order chi connectivity index (χ0) is 14.5. The molecule has 0 radical (unpaired) electrons. The third-order valence-corrected chi connectivity index (χ3v) is 3.97. The van der Waals surface area contributed by atoms with E-state index in [1.165, 1.54) is 6.07 Å². The van der Waals surface area contributed by atoms with Gasteiger partial charge in [-0.1, -0.05) is 19.1 Å². The van der Waals surface area contributed by atoms with E-state index < -0.39 is 5.82 Å². The summed E-state index contributed by atoms with van der Waals surface area (Å²) in [7, 11) is 0. The molecule has 20 heavy (non-hydrogen) atoms. The minimum absolute atomic E-state index is 0.192. The first kappa shape index (κ1) is 14.9. The number of carbonyl (C=O) groups is 1. The van der Waals surface area contributed by atoms with E-state index in [2.05, 4.69) is 17.1 Å². The van der Waals surface area contributed by atoms with Crippen LogP contribution >= 0.6 is 0 Å². The summed E-state index contributed by atoms with van der Waals surface area (Å²) in [5.41, 5.74) is 6.03. The third-order valence-electron chi connectivity index (χ3n) is 3.97. The smallest absolute Gasteiger partial charge is 0.238 e. The first-order valence-corrected chi connectivity index (χ1v) is 7.10. The van der Waals surface area contributed by atoms with Gasteiger partial charge in [0.2, 0.25) is 5.91 Å². The fourth-order valence-corrected chi connectivity index (χ4v) is 2.85. The molecule has 0 bridgehead atoms. The molecule has 2 unspecified atom stereocenters. The standard InChI is InChI=1S/C15H22FN3O/c1-11-5-4-8-19(14(11)9-17)10-15(20)18-13-7-3-2-6-12(13)16/h2-3,6-7,11,14H,4-5,8-10,17H2,1H3,(H,18,20). The van der Waals surface area contributed by atoms with Crippen LogP contribution in [0.2, 0.25) is 0 Å². The van der Waals surface area contributed by atoms with E-state index in [1.807, 2.05) is 0 Å². The molecule has 1 aromatic carbocycles. The second kappa shape index (κ2) is 6.81. The number of amides is 1. The van der Waals surface area contributed by atoms with Crippen molar-refractivity contribution in [2.45, 2.75) is 25.8 Å². The molecule has 5 heteroatoms. The van der Waals surface area contributed by atoms with Gasteiger partial charge in [0, 0.05) is 12.6 Å². The zero-order valence-corrected chi connectivity index (χ0v) is 11.8. The maximum atomic E-state index is 13.5. The molecular formula is C15H22FN3O. The molecule has 0 saturated carbocycles. The minimum Gasteiger partial charge on any atom is -0.329 e. The number of nitrogens with zero attached hydrogens (tertiary/aromatic N) is 1. The lowest BCUT2D eigenvalue weighted by Gasteiger charge is -2.38. The quantitative estimate of drug-likeness (QED) is 0.884. The van der Waals surface area contributed by atoms with Gasteiger partial charge in [0.05, 0.1) is 12.2 Å². The molecule has 0 spiro atoms. The molecule has 110 valence electrons. The van der Waals surface area contributed by atoms with Gasteiger partial charge in [-0.3, -0.25) is 9.69 Å². The van der Waals surface area contributed by atoms with E-state index in [4.69, 9.17) is 5.73 Å². The van der Waals surface area contributed by atoms with E-state index in [9.17, 15) is 9.18 Å². The monoisotopic (exact) mass is 279 g/mol. The van der Waals surface area contributed by atoms with Crippen LogP contribution in [0.15, 0.2) is 24.3 Å². The van der Waals surface area contributed by atoms with Crippen LogP contribution in [0, 0.1) is 11.7 Å². The Bertz CT molecular complexity index is 466. The van der Waals surface area contributed by atoms with Gasteiger partial charge >= 0.3 is 0 Å². The van der Waals surface area contributed by atoms with Crippen LogP contribution in [0.1, 0.15) is 19.8 Å². The summed E-state index contributed by atoms with van der Waals surface area (Å²) in [6.07, 6.45) is 2.22. The molecule has 3 N–H and O–H groups in total. The Kier molecular flexibility index (Phi) is 5.09. The molecule has 1 aromatic rings. The number of benzene rings is 1. The van der Waals surface area contributed by atoms with Crippen molar-refractivity contribution in [2.75, 3.05) is 25.0 Å². The predicted molar refractivity (Wildman–Crippen MR) is 77.8 cm³/mol. The van der Waals surface area contributed by atoms with Crippen LogP contribution in [-0.4, -0.2) is 36.5 Å². The summed E-state index contributed by atoms with van der Waals surface area (Å²) in [6.45, 7) is 3.85. The number of likely N-dealkylation sites (tertiary alicyclic amines) is 1. The maximum absolute atomic E-state index is 13.5. The van der Waals surface area contributed by atoms with Crippen LogP contribution < -0.4 is 11.1 Å². The second-order valence-electron chi connectivity index (χ2n) is 5.42. The van der Waals surface area contributed by atoms with Gasteiger partial charge in [0.15, 0.2) is 0 Å². The van der Waals surface area contributed by atoms with Crippen LogP contribution in [0.3, 0.4) is 0 Å². The highest BCUT2D eigenvalue weighted by Crippen LogP contribution is 2.22. The molecule has 1 saturated heterocycles. The van der Waals surface area contributed by atoms with Gasteiger partial charge < -0.3 is 11.1 Å². The number of anilines is 1. The van der Waals surface area contributed by atoms with Gasteiger partial charge in [0.1, 0.15) is 5.82 Å². The number of rotatable bonds is 4. The third kappa shape index (κ3) is 3.55. The van der Waals surface area contributed by atoms with E-state index >= 15 is 0 Å². The number of piperidine rings is 1. The van der Waals surface area contributed by atoms with E-state index in [0.29, 0.717) is 12.5 Å². The first-order valence-electron chi connectivity index (χ1n) is 7.10. The maximum Gasteiger partial charge on any atom is 0.238 e. The van der Waals surface area contributed by atoms with Crippen molar-refractivity contribution in [3.05, 3.63) is 30.1 Å². The molecule has 1 aliphatic rings. The Morgan fingerprint density at radius 3 is 2.95 bits per heavy atom. The Morgan fingerprint density at radius 1 is 1.50 bits per heavy atom. The van der Waals surface area contributed by atoms with Crippen LogP contribution in [0.25, 0.3) is 0 Å². The number of hydrogen-bond donors (Lipinski definition) is 2. The zero-order valence-electron chi connectivity index (χ0n) is 11.8. The molecular weight excluding hydrogens is 257 g/mol. The van der Waals surface area contributed by atoms with Crippen molar-refractivity contribution < 1.29 is 9.18 Å². The summed E-state index contributed by atoms with van der Waals surface area (Å²) in [5.74, 6) is -0.110. The van der Waals surface area contributed by atoms with Crippen LogP contribution in [-0.2, 0) is 4.79 Å². The average molecular weight is 279 g/mol. The Morgan fingerprint density at radius 2 is 2.25 bits per heavy atom. The number of carbonyl (C=O) groups excluding carboxylic acids is 1. The van der Waals surface area contributed by atoms with E-state index in [0.717, 1.165) is 19.4 Å². The summed E-state index contributed by atoms with van der Waals surface area (Å²) in [5, 5.41) is 2.62. The lowest BCUT2D eigenvalue weighted by molar-refractivity contribution is -0.118. The van der Waals surface area contributed by atoms with Crippen molar-refractivity contribution >= 4 is 11.6 Å². The summed E-state index contributed by atoms with van der Waals surface area (Å²) >= 11 is 0. The largest absolute Gasteiger partial charge is 0.329 e. The summed E-state index contributed by atoms with van der Waals surface area (Å²) in [6, 6.07) is 6.43. The fraction of sp³-hybridized carbons (Fsp3) is 0.533. The molecule has 1 aliphatic heterocycles. The highest BCUT2D eigenvalue weighted by atomic mass is 19.1. The lowest BCUT2D eigenvalue weighted by Crippen LogP contribution is -2.51. The molecule has 1 heterocycles. The summed E-state index contributed by atoms with van der Waals surface area (Å²) in [4.78, 5) is 14.1. The number of hydrogen-bond acceptors (Lipinski definition) is 3. The van der Waals surface area contributed by atoms with E-state index in [-0.39, 0.29) is 24.2 Å². The Labute approximate surface area is 119 Å². The lowest BCUT2D eigenvalue weighted by atomic mass is 9.91. The van der Waals surface area contributed by atoms with Crippen LogP contribution in [0.4, 0.5) is 10.1 Å². The highest BCUT2D eigenvalue weighted by Gasteiger charge is 2.28. The van der Waals surface area contributed by atoms with Crippen molar-refractivity contribution in [1.29, 1.82) is 0 Å². The molecule has 4 nitrogen and oxygen atoms in total. The van der Waals surface area contributed by atoms with Crippen molar-refractivity contribution in [1.82, 2.24) is 4.90 Å². The normalized spacial score (nSPS) is 23.6. The van der Waals surface area contributed by atoms with Gasteiger partial charge in [-0.15, -0.1) is 0 Å². The van der Waals surface area contributed by atoms with Gasteiger partial charge in [0.25, 0.3) is 0 Å². The SMILES string of the molecule is CC1CCCN(CC(=O)Nc2ccccc2F)C1CN. The molecule has 0 aromatic heterocycles. The Hall–Kier alpha value is -1.46. The first-order chi connectivity index (χ1) is 9.61. The van der Waals surface area contributed by atoms with Gasteiger partial charge in [-0.05, 0) is 37.4 Å². The minimum atomic E-state index is -0.414. The number of nitrogens with two attached hydrogens (primary N) is 1. The molecule has 1 fully saturated rings. The predicted octanol–water partition coefficient (Wildman–Crippen LogP) is 1.82. The topological polar surface area (TPSA) is 58.4 Å². The highest BCUT2D eigenvalue weighted by molar-refractivity contribution is 5.92. The second-order valence-corrected chi connectivity index (χ2v) is 5.42. The molecule has 2 rings (SSSR count). The molecule has 1 amide bonds. The average Bonchev–Trinajstić information content (AvgIpc) is 2.42. The number of halogens is 1. The van der Waals surface area contributed by atoms with Crippen molar-refractivity contribution in [3.8, 4) is 0 Å². The Balaban J connectivity index is 1.95.